The Morgan fingerprint density at radius 2 is 1.82 bits per heavy atom. The Hall–Kier alpha value is -1.81. The Morgan fingerprint density at radius 1 is 1.23 bits per heavy atom. The first kappa shape index (κ1) is 18.2. The number of hydrogen-bond donors (Lipinski definition) is 1. The van der Waals surface area contributed by atoms with Crippen molar-refractivity contribution in [3.8, 4) is 0 Å². The molecule has 0 fully saturated rings. The van der Waals surface area contributed by atoms with E-state index in [1.165, 1.54) is 11.0 Å². The molecule has 22 heavy (non-hydrogen) atoms. The molecule has 120 valence electrons. The lowest BCUT2D eigenvalue weighted by atomic mass is 10.1. The molecule has 0 heterocycles. The van der Waals surface area contributed by atoms with Gasteiger partial charge >= 0.3 is 0 Å². The fraction of sp³-hybridized carbons (Fsp3) is 0.412. The third kappa shape index (κ3) is 6.76. The number of hydrogen-bond acceptors (Lipinski definition) is 2. The third-order valence-electron chi connectivity index (χ3n) is 2.83. The van der Waals surface area contributed by atoms with Gasteiger partial charge in [0.1, 0.15) is 0 Å². The second-order valence-corrected chi connectivity index (χ2v) is 6.47. The Kier molecular flexibility index (Phi) is 6.62. The molecule has 0 radical (unpaired) electrons. The summed E-state index contributed by atoms with van der Waals surface area (Å²) in [6.45, 7) is 8.09. The molecule has 0 saturated heterocycles. The van der Waals surface area contributed by atoms with Gasteiger partial charge in [-0.3, -0.25) is 9.59 Å². The van der Waals surface area contributed by atoms with E-state index in [4.69, 9.17) is 11.6 Å². The largest absolute Gasteiger partial charge is 0.350 e. The number of halogens is 1. The fourth-order valence-corrected chi connectivity index (χ4v) is 1.95. The van der Waals surface area contributed by atoms with Crippen molar-refractivity contribution in [3.63, 3.8) is 0 Å². The van der Waals surface area contributed by atoms with Gasteiger partial charge in [0.25, 0.3) is 0 Å². The van der Waals surface area contributed by atoms with Crippen LogP contribution in [0.15, 0.2) is 30.3 Å². The van der Waals surface area contributed by atoms with Crippen LogP contribution in [0.2, 0.25) is 5.02 Å². The van der Waals surface area contributed by atoms with Crippen molar-refractivity contribution >= 4 is 29.5 Å². The van der Waals surface area contributed by atoms with E-state index in [1.54, 1.807) is 18.2 Å². The lowest BCUT2D eigenvalue weighted by Crippen LogP contribution is -2.47. The molecule has 0 spiro atoms. The first-order valence-corrected chi connectivity index (χ1v) is 7.62. The highest BCUT2D eigenvalue weighted by Gasteiger charge is 2.17. The molecule has 1 N–H and O–H groups in total. The number of rotatable bonds is 5. The zero-order chi connectivity index (χ0) is 16.8. The summed E-state index contributed by atoms with van der Waals surface area (Å²) in [5.41, 5.74) is 0.576. The van der Waals surface area contributed by atoms with Gasteiger partial charge in [0, 0.05) is 23.2 Å². The van der Waals surface area contributed by atoms with Gasteiger partial charge in [-0.25, -0.2) is 0 Å². The monoisotopic (exact) mass is 322 g/mol. The highest BCUT2D eigenvalue weighted by molar-refractivity contribution is 6.30. The lowest BCUT2D eigenvalue weighted by Gasteiger charge is -2.24. The quantitative estimate of drug-likeness (QED) is 0.847. The van der Waals surface area contributed by atoms with E-state index in [0.29, 0.717) is 11.6 Å². The molecule has 0 aliphatic rings. The average molecular weight is 323 g/mol. The minimum Gasteiger partial charge on any atom is -0.350 e. The molecule has 0 atom stereocenters. The molecule has 0 unspecified atom stereocenters. The predicted molar refractivity (Wildman–Crippen MR) is 90.6 cm³/mol. The van der Waals surface area contributed by atoms with E-state index in [1.807, 2.05) is 39.8 Å². The molecular weight excluding hydrogens is 300 g/mol. The molecule has 0 aliphatic carbocycles. The standard InChI is InChI=1S/C17H23ClN2O2/c1-5-20(12-15(21)19-17(2,3)4)16(22)11-8-13-6-9-14(18)10-7-13/h6-11H,5,12H2,1-4H3,(H,19,21)/b11-8+. The summed E-state index contributed by atoms with van der Waals surface area (Å²) in [6.07, 6.45) is 3.18. The van der Waals surface area contributed by atoms with Gasteiger partial charge in [-0.2, -0.15) is 0 Å². The molecule has 4 nitrogen and oxygen atoms in total. The van der Waals surface area contributed by atoms with Crippen LogP contribution in [0.25, 0.3) is 6.08 Å². The normalized spacial score (nSPS) is 11.5. The van der Waals surface area contributed by atoms with Crippen molar-refractivity contribution < 1.29 is 9.59 Å². The van der Waals surface area contributed by atoms with E-state index in [9.17, 15) is 9.59 Å². The zero-order valence-corrected chi connectivity index (χ0v) is 14.3. The van der Waals surface area contributed by atoms with Crippen LogP contribution >= 0.6 is 11.6 Å². The van der Waals surface area contributed by atoms with Crippen LogP contribution in [0.4, 0.5) is 0 Å². The number of carbonyl (C=O) groups excluding carboxylic acids is 2. The lowest BCUT2D eigenvalue weighted by molar-refractivity contribution is -0.132. The van der Waals surface area contributed by atoms with Crippen molar-refractivity contribution in [2.75, 3.05) is 13.1 Å². The van der Waals surface area contributed by atoms with E-state index < -0.39 is 0 Å². The zero-order valence-electron chi connectivity index (χ0n) is 13.5. The summed E-state index contributed by atoms with van der Waals surface area (Å²) >= 11 is 5.81. The molecule has 0 aromatic heterocycles. The number of nitrogens with zero attached hydrogens (tertiary/aromatic N) is 1. The minimum absolute atomic E-state index is 0.0531. The summed E-state index contributed by atoms with van der Waals surface area (Å²) < 4.78 is 0. The number of nitrogens with one attached hydrogen (secondary N) is 1. The van der Waals surface area contributed by atoms with Crippen LogP contribution in [0.1, 0.15) is 33.3 Å². The van der Waals surface area contributed by atoms with Crippen LogP contribution in [0, 0.1) is 0 Å². The van der Waals surface area contributed by atoms with Gasteiger partial charge in [0.2, 0.25) is 11.8 Å². The summed E-state index contributed by atoms with van der Waals surface area (Å²) in [7, 11) is 0. The van der Waals surface area contributed by atoms with E-state index in [-0.39, 0.29) is 23.9 Å². The van der Waals surface area contributed by atoms with Gasteiger partial charge in [-0.15, -0.1) is 0 Å². The fourth-order valence-electron chi connectivity index (χ4n) is 1.82. The van der Waals surface area contributed by atoms with E-state index in [0.717, 1.165) is 5.56 Å². The highest BCUT2D eigenvalue weighted by atomic mass is 35.5. The number of likely N-dealkylation sites (N-methyl/N-ethyl adjacent to an activating group) is 1. The second kappa shape index (κ2) is 7.99. The van der Waals surface area contributed by atoms with Gasteiger partial charge in [-0.1, -0.05) is 23.7 Å². The van der Waals surface area contributed by atoms with Crippen molar-refractivity contribution in [2.24, 2.45) is 0 Å². The van der Waals surface area contributed by atoms with E-state index in [2.05, 4.69) is 5.32 Å². The molecule has 2 amide bonds. The van der Waals surface area contributed by atoms with Gasteiger partial charge in [0.15, 0.2) is 0 Å². The molecular formula is C17H23ClN2O2. The van der Waals surface area contributed by atoms with Gasteiger partial charge in [0.05, 0.1) is 6.54 Å². The average Bonchev–Trinajstić information content (AvgIpc) is 2.42. The van der Waals surface area contributed by atoms with Crippen LogP contribution in [-0.2, 0) is 9.59 Å². The summed E-state index contributed by atoms with van der Waals surface area (Å²) in [5, 5.41) is 3.50. The van der Waals surface area contributed by atoms with Crippen molar-refractivity contribution in [3.05, 3.63) is 40.9 Å². The van der Waals surface area contributed by atoms with Crippen molar-refractivity contribution in [2.45, 2.75) is 33.2 Å². The molecule has 1 aromatic carbocycles. The SMILES string of the molecule is CCN(CC(=O)NC(C)(C)C)C(=O)/C=C/c1ccc(Cl)cc1. The molecule has 1 aromatic rings. The Bertz CT molecular complexity index is 545. The molecule has 0 saturated carbocycles. The maximum absolute atomic E-state index is 12.1. The van der Waals surface area contributed by atoms with Crippen molar-refractivity contribution in [1.82, 2.24) is 10.2 Å². The predicted octanol–water partition coefficient (Wildman–Crippen LogP) is 3.12. The summed E-state index contributed by atoms with van der Waals surface area (Å²) in [4.78, 5) is 25.5. The Labute approximate surface area is 137 Å². The number of carbonyl (C=O) groups is 2. The molecule has 0 bridgehead atoms. The van der Waals surface area contributed by atoms with Crippen molar-refractivity contribution in [1.29, 1.82) is 0 Å². The van der Waals surface area contributed by atoms with Gasteiger partial charge in [-0.05, 0) is 51.5 Å². The maximum atomic E-state index is 12.1. The van der Waals surface area contributed by atoms with Crippen LogP contribution in [-0.4, -0.2) is 35.3 Å². The minimum atomic E-state index is -0.307. The van der Waals surface area contributed by atoms with Gasteiger partial charge < -0.3 is 10.2 Å². The molecule has 5 heteroatoms. The number of amides is 2. The first-order valence-electron chi connectivity index (χ1n) is 7.25. The Balaban J connectivity index is 2.64. The molecule has 1 rings (SSSR count). The number of benzene rings is 1. The topological polar surface area (TPSA) is 49.4 Å². The highest BCUT2D eigenvalue weighted by Crippen LogP contribution is 2.10. The smallest absolute Gasteiger partial charge is 0.247 e. The van der Waals surface area contributed by atoms with Crippen LogP contribution in [0.3, 0.4) is 0 Å². The molecule has 0 aliphatic heterocycles. The summed E-state index contributed by atoms with van der Waals surface area (Å²) in [6, 6.07) is 7.18. The maximum Gasteiger partial charge on any atom is 0.247 e. The van der Waals surface area contributed by atoms with E-state index >= 15 is 0 Å². The van der Waals surface area contributed by atoms with Crippen LogP contribution < -0.4 is 5.32 Å². The first-order chi connectivity index (χ1) is 10.2. The third-order valence-corrected chi connectivity index (χ3v) is 3.08. The summed E-state index contributed by atoms with van der Waals surface area (Å²) in [5.74, 6) is -0.357. The van der Waals surface area contributed by atoms with Crippen LogP contribution in [0.5, 0.6) is 0 Å². The Morgan fingerprint density at radius 3 is 2.32 bits per heavy atom. The second-order valence-electron chi connectivity index (χ2n) is 6.04.